The van der Waals surface area contributed by atoms with Gasteiger partial charge in [-0.3, -0.25) is 0 Å². The minimum atomic E-state index is 0.762. The Morgan fingerprint density at radius 3 is 3.09 bits per heavy atom. The summed E-state index contributed by atoms with van der Waals surface area (Å²) in [6, 6.07) is 0. The largest absolute Gasteiger partial charge is 0.491 e. The summed E-state index contributed by atoms with van der Waals surface area (Å²) in [5.41, 5.74) is 0.925. The second-order valence-electron chi connectivity index (χ2n) is 2.43. The van der Waals surface area contributed by atoms with Crippen LogP contribution in [0.1, 0.15) is 25.5 Å². The lowest BCUT2D eigenvalue weighted by Crippen LogP contribution is -1.89. The van der Waals surface area contributed by atoms with Crippen molar-refractivity contribution in [1.82, 2.24) is 5.16 Å². The van der Waals surface area contributed by atoms with Gasteiger partial charge in [-0.25, -0.2) is 0 Å². The highest BCUT2D eigenvalue weighted by atomic mass is 16.5. The van der Waals surface area contributed by atoms with E-state index in [0.717, 1.165) is 30.7 Å². The molecule has 0 atom stereocenters. The number of aryl methyl sites for hydroxylation is 1. The molecule has 3 nitrogen and oxygen atoms in total. The van der Waals surface area contributed by atoms with Crippen molar-refractivity contribution in [3.63, 3.8) is 0 Å². The van der Waals surface area contributed by atoms with Gasteiger partial charge in [-0.2, -0.15) is 0 Å². The summed E-state index contributed by atoms with van der Waals surface area (Å²) in [7, 11) is 1.63. The molecule has 0 aliphatic carbocycles. The monoisotopic (exact) mass is 155 g/mol. The van der Waals surface area contributed by atoms with E-state index in [0.29, 0.717) is 0 Å². The highest BCUT2D eigenvalue weighted by Crippen LogP contribution is 2.17. The molecule has 0 unspecified atom stereocenters. The van der Waals surface area contributed by atoms with Crippen LogP contribution in [0.5, 0.6) is 5.75 Å². The molecule has 0 fully saturated rings. The van der Waals surface area contributed by atoms with Gasteiger partial charge in [0.25, 0.3) is 0 Å². The SMILES string of the molecule is CCCCc1nocc1OC. The molecule has 62 valence electrons. The first kappa shape index (κ1) is 8.11. The number of hydrogen-bond donors (Lipinski definition) is 0. The van der Waals surface area contributed by atoms with E-state index in [1.54, 1.807) is 7.11 Å². The summed E-state index contributed by atoms with van der Waals surface area (Å²) in [4.78, 5) is 0. The van der Waals surface area contributed by atoms with Crippen molar-refractivity contribution < 1.29 is 9.26 Å². The molecule has 0 radical (unpaired) electrons. The molecule has 3 heteroatoms. The van der Waals surface area contributed by atoms with Gasteiger partial charge in [0.2, 0.25) is 0 Å². The van der Waals surface area contributed by atoms with Crippen LogP contribution >= 0.6 is 0 Å². The highest BCUT2D eigenvalue weighted by Gasteiger charge is 2.05. The smallest absolute Gasteiger partial charge is 0.181 e. The van der Waals surface area contributed by atoms with Gasteiger partial charge in [0.05, 0.1) is 7.11 Å². The molecule has 0 bridgehead atoms. The first-order valence-electron chi connectivity index (χ1n) is 3.85. The van der Waals surface area contributed by atoms with Crippen molar-refractivity contribution in [3.8, 4) is 5.75 Å². The quantitative estimate of drug-likeness (QED) is 0.667. The van der Waals surface area contributed by atoms with E-state index in [1.807, 2.05) is 0 Å². The number of unbranched alkanes of at least 4 members (excludes halogenated alkanes) is 1. The van der Waals surface area contributed by atoms with E-state index in [-0.39, 0.29) is 0 Å². The Hall–Kier alpha value is -0.990. The third-order valence-electron chi connectivity index (χ3n) is 1.59. The lowest BCUT2D eigenvalue weighted by Gasteiger charge is -1.96. The first-order chi connectivity index (χ1) is 5.38. The molecule has 1 heterocycles. The van der Waals surface area contributed by atoms with Crippen molar-refractivity contribution in [2.45, 2.75) is 26.2 Å². The predicted octanol–water partition coefficient (Wildman–Crippen LogP) is 2.03. The maximum absolute atomic E-state index is 5.03. The molecule has 0 aliphatic heterocycles. The van der Waals surface area contributed by atoms with Crippen molar-refractivity contribution in [3.05, 3.63) is 12.0 Å². The molecular formula is C8H13NO2. The number of aromatic nitrogens is 1. The van der Waals surface area contributed by atoms with Gasteiger partial charge in [-0.05, 0) is 12.8 Å². The number of nitrogens with zero attached hydrogens (tertiary/aromatic N) is 1. The van der Waals surface area contributed by atoms with Gasteiger partial charge in [0.15, 0.2) is 12.0 Å². The Bertz CT molecular complexity index is 208. The van der Waals surface area contributed by atoms with E-state index in [1.165, 1.54) is 6.26 Å². The molecule has 0 spiro atoms. The van der Waals surface area contributed by atoms with Crippen LogP contribution in [-0.2, 0) is 6.42 Å². The van der Waals surface area contributed by atoms with E-state index in [2.05, 4.69) is 12.1 Å². The lowest BCUT2D eigenvalue weighted by atomic mass is 10.2. The second-order valence-corrected chi connectivity index (χ2v) is 2.43. The average molecular weight is 155 g/mol. The van der Waals surface area contributed by atoms with Crippen LogP contribution in [0, 0.1) is 0 Å². The molecule has 0 saturated heterocycles. The maximum Gasteiger partial charge on any atom is 0.181 e. The molecule has 1 aromatic rings. The summed E-state index contributed by atoms with van der Waals surface area (Å²) in [5, 5.41) is 3.82. The normalized spacial score (nSPS) is 10.0. The van der Waals surface area contributed by atoms with Gasteiger partial charge >= 0.3 is 0 Å². The molecule has 0 aromatic carbocycles. The molecule has 11 heavy (non-hydrogen) atoms. The third kappa shape index (κ3) is 1.97. The summed E-state index contributed by atoms with van der Waals surface area (Å²) in [6.07, 6.45) is 4.76. The fraction of sp³-hybridized carbons (Fsp3) is 0.625. The standard InChI is InChI=1S/C8H13NO2/c1-3-4-5-7-8(10-2)6-11-9-7/h6H,3-5H2,1-2H3. The van der Waals surface area contributed by atoms with Crippen LogP contribution in [0.4, 0.5) is 0 Å². The zero-order chi connectivity index (χ0) is 8.10. The zero-order valence-electron chi connectivity index (χ0n) is 6.96. The molecule has 0 N–H and O–H groups in total. The van der Waals surface area contributed by atoms with Gasteiger partial charge in [-0.1, -0.05) is 18.5 Å². The van der Waals surface area contributed by atoms with Gasteiger partial charge < -0.3 is 9.26 Å². The van der Waals surface area contributed by atoms with Gasteiger partial charge in [0.1, 0.15) is 5.69 Å². The minimum Gasteiger partial charge on any atom is -0.491 e. The Morgan fingerprint density at radius 2 is 2.45 bits per heavy atom. The van der Waals surface area contributed by atoms with Crippen LogP contribution in [0.2, 0.25) is 0 Å². The Kier molecular flexibility index (Phi) is 2.95. The topological polar surface area (TPSA) is 35.3 Å². The summed E-state index contributed by atoms with van der Waals surface area (Å²) in [6.45, 7) is 2.15. The summed E-state index contributed by atoms with van der Waals surface area (Å²) >= 11 is 0. The molecule has 0 saturated carbocycles. The summed E-state index contributed by atoms with van der Waals surface area (Å²) < 4.78 is 9.78. The van der Waals surface area contributed by atoms with E-state index >= 15 is 0 Å². The molecule has 1 aromatic heterocycles. The third-order valence-corrected chi connectivity index (χ3v) is 1.59. The Labute approximate surface area is 66.3 Å². The highest BCUT2D eigenvalue weighted by molar-refractivity contribution is 5.21. The van der Waals surface area contributed by atoms with Crippen molar-refractivity contribution in [2.75, 3.05) is 7.11 Å². The number of rotatable bonds is 4. The first-order valence-corrected chi connectivity index (χ1v) is 3.85. The van der Waals surface area contributed by atoms with E-state index in [9.17, 15) is 0 Å². The van der Waals surface area contributed by atoms with Crippen molar-refractivity contribution in [1.29, 1.82) is 0 Å². The van der Waals surface area contributed by atoms with Crippen LogP contribution in [0.15, 0.2) is 10.8 Å². The average Bonchev–Trinajstić information content (AvgIpc) is 2.47. The molecular weight excluding hydrogens is 142 g/mol. The summed E-state index contributed by atoms with van der Waals surface area (Å²) in [5.74, 6) is 0.762. The van der Waals surface area contributed by atoms with Gasteiger partial charge in [0, 0.05) is 0 Å². The van der Waals surface area contributed by atoms with E-state index in [4.69, 9.17) is 9.26 Å². The maximum atomic E-state index is 5.03. The van der Waals surface area contributed by atoms with Crippen LogP contribution in [0.25, 0.3) is 0 Å². The van der Waals surface area contributed by atoms with Crippen LogP contribution in [0.3, 0.4) is 0 Å². The fourth-order valence-corrected chi connectivity index (χ4v) is 0.930. The van der Waals surface area contributed by atoms with Crippen LogP contribution in [-0.4, -0.2) is 12.3 Å². The minimum absolute atomic E-state index is 0.762. The number of ether oxygens (including phenoxy) is 1. The molecule has 0 amide bonds. The second kappa shape index (κ2) is 4.01. The number of methoxy groups -OCH3 is 1. The lowest BCUT2D eigenvalue weighted by molar-refractivity contribution is 0.390. The van der Waals surface area contributed by atoms with Crippen LogP contribution < -0.4 is 4.74 Å². The molecule has 1 rings (SSSR count). The predicted molar refractivity (Wildman–Crippen MR) is 41.7 cm³/mol. The Morgan fingerprint density at radius 1 is 1.64 bits per heavy atom. The number of hydrogen-bond acceptors (Lipinski definition) is 3. The van der Waals surface area contributed by atoms with Crippen molar-refractivity contribution in [2.24, 2.45) is 0 Å². The van der Waals surface area contributed by atoms with E-state index < -0.39 is 0 Å². The van der Waals surface area contributed by atoms with Crippen molar-refractivity contribution >= 4 is 0 Å². The molecule has 0 aliphatic rings. The zero-order valence-corrected chi connectivity index (χ0v) is 6.96. The van der Waals surface area contributed by atoms with Gasteiger partial charge in [-0.15, -0.1) is 0 Å². The Balaban J connectivity index is 2.54. The fourth-order valence-electron chi connectivity index (χ4n) is 0.930.